The number of aliphatic hydroxyl groups is 4. The zero-order valence-corrected chi connectivity index (χ0v) is 30.9. The van der Waals surface area contributed by atoms with Gasteiger partial charge in [-0.2, -0.15) is 0 Å². The molecule has 0 saturated heterocycles. The highest BCUT2D eigenvalue weighted by molar-refractivity contribution is 6.31. The number of aliphatic hydroxyl groups excluding tert-OH is 4. The average Bonchev–Trinajstić information content (AvgIpc) is 3.13. The second kappa shape index (κ2) is 22.2. The van der Waals surface area contributed by atoms with Crippen LogP contribution in [0.3, 0.4) is 0 Å². The van der Waals surface area contributed by atoms with Gasteiger partial charge in [-0.3, -0.25) is 14.5 Å². The van der Waals surface area contributed by atoms with Crippen molar-refractivity contribution in [2.75, 3.05) is 57.3 Å². The Morgan fingerprint density at radius 1 is 0.885 bits per heavy atom. The lowest BCUT2D eigenvalue weighted by Crippen LogP contribution is -2.47. The summed E-state index contributed by atoms with van der Waals surface area (Å²) in [5, 5.41) is 48.5. The largest absolute Gasteiger partial charge is 0.394 e. The molecule has 0 aliphatic heterocycles. The molecule has 11 N–H and O–H groups in total. The molecule has 0 saturated carbocycles. The highest BCUT2D eigenvalue weighted by Gasteiger charge is 2.26. The number of hydrogen-bond acceptors (Lipinski definition) is 12. The van der Waals surface area contributed by atoms with Gasteiger partial charge in [-0.05, 0) is 61.1 Å². The number of hydrogen-bond donors (Lipinski definition) is 9. The van der Waals surface area contributed by atoms with Crippen LogP contribution >= 0.6 is 11.6 Å². The number of unbranched alkanes of at least 4 members (excludes halogenated alkanes) is 3. The zero-order chi connectivity index (χ0) is 38.0. The Labute approximate surface area is 311 Å². The normalized spacial score (nSPS) is 13.8. The molecule has 2 amide bonds. The summed E-state index contributed by atoms with van der Waals surface area (Å²) in [5.41, 5.74) is 15.2. The SMILES string of the molecule is CCCCCCN(CCNC(=O)c1ccc(CNC[C@@H](CNC(=O)c2nc(Cl)c(N)nc2N)Cc2ccccc2C)cc1)C[C@H](O)[C@@H](O)[C@H](O)CO. The van der Waals surface area contributed by atoms with Gasteiger partial charge in [0.05, 0.1) is 12.7 Å². The Morgan fingerprint density at radius 2 is 1.62 bits per heavy atom. The number of amides is 2. The Bertz CT molecular complexity index is 1550. The maximum Gasteiger partial charge on any atom is 0.273 e. The minimum atomic E-state index is -1.47. The number of nitrogens with two attached hydrogens (primary N) is 2. The van der Waals surface area contributed by atoms with Gasteiger partial charge in [-0.15, -0.1) is 0 Å². The molecule has 2 aromatic carbocycles. The van der Waals surface area contributed by atoms with Gasteiger partial charge in [0.15, 0.2) is 22.5 Å². The van der Waals surface area contributed by atoms with Gasteiger partial charge < -0.3 is 47.8 Å². The summed E-state index contributed by atoms with van der Waals surface area (Å²) < 4.78 is 0. The van der Waals surface area contributed by atoms with Crippen molar-refractivity contribution in [1.82, 2.24) is 30.8 Å². The van der Waals surface area contributed by atoms with E-state index in [1.165, 1.54) is 5.56 Å². The predicted octanol–water partition coefficient (Wildman–Crippen LogP) is 1.67. The van der Waals surface area contributed by atoms with Crippen LogP contribution in [0.1, 0.15) is 70.1 Å². The van der Waals surface area contributed by atoms with E-state index in [1.54, 1.807) is 12.1 Å². The molecule has 1 aromatic heterocycles. The van der Waals surface area contributed by atoms with Crippen molar-refractivity contribution in [3.63, 3.8) is 0 Å². The fourth-order valence-corrected chi connectivity index (χ4v) is 5.84. The van der Waals surface area contributed by atoms with Gasteiger partial charge in [-0.1, -0.05) is 74.2 Å². The highest BCUT2D eigenvalue weighted by atomic mass is 35.5. The zero-order valence-electron chi connectivity index (χ0n) is 30.1. The molecule has 0 spiro atoms. The maximum atomic E-state index is 12.9. The van der Waals surface area contributed by atoms with Crippen LogP contribution in [0.2, 0.25) is 5.15 Å². The van der Waals surface area contributed by atoms with Crippen LogP contribution in [0.15, 0.2) is 48.5 Å². The molecule has 3 rings (SSSR count). The fourth-order valence-electron chi connectivity index (χ4n) is 5.71. The van der Waals surface area contributed by atoms with Crippen molar-refractivity contribution >= 4 is 35.1 Å². The number of aryl methyl sites for hydroxylation is 1. The third-order valence-electron chi connectivity index (χ3n) is 8.88. The minimum Gasteiger partial charge on any atom is -0.394 e. The van der Waals surface area contributed by atoms with Crippen molar-refractivity contribution in [3.8, 4) is 0 Å². The molecule has 14 nitrogen and oxygen atoms in total. The summed E-state index contributed by atoms with van der Waals surface area (Å²) in [6, 6.07) is 15.4. The van der Waals surface area contributed by atoms with Crippen LogP contribution in [0.25, 0.3) is 0 Å². The van der Waals surface area contributed by atoms with E-state index in [-0.39, 0.29) is 40.9 Å². The lowest BCUT2D eigenvalue weighted by Gasteiger charge is -2.29. The van der Waals surface area contributed by atoms with Gasteiger partial charge in [0, 0.05) is 44.8 Å². The molecule has 0 aliphatic rings. The molecule has 0 aliphatic carbocycles. The van der Waals surface area contributed by atoms with Gasteiger partial charge in [0.1, 0.15) is 12.2 Å². The molecular formula is C37H55ClN8O6. The van der Waals surface area contributed by atoms with Crippen LogP contribution in [0, 0.1) is 12.8 Å². The minimum absolute atomic E-state index is 0.0175. The van der Waals surface area contributed by atoms with E-state index in [0.29, 0.717) is 51.3 Å². The topological polar surface area (TPSA) is 232 Å². The van der Waals surface area contributed by atoms with Crippen molar-refractivity contribution in [2.45, 2.75) is 70.8 Å². The first-order valence-electron chi connectivity index (χ1n) is 17.8. The van der Waals surface area contributed by atoms with Crippen LogP contribution in [-0.4, -0.2) is 111 Å². The van der Waals surface area contributed by atoms with Crippen molar-refractivity contribution in [3.05, 3.63) is 81.6 Å². The Hall–Kier alpha value is -3.89. The third-order valence-corrected chi connectivity index (χ3v) is 9.16. The number of nitrogen functional groups attached to an aromatic ring is 2. The fraction of sp³-hybridized carbons (Fsp3) is 0.514. The van der Waals surface area contributed by atoms with Crippen molar-refractivity contribution in [2.24, 2.45) is 5.92 Å². The number of benzene rings is 2. The first-order valence-corrected chi connectivity index (χ1v) is 18.2. The number of aromatic nitrogens is 2. The summed E-state index contributed by atoms with van der Waals surface area (Å²) in [6.45, 7) is 6.51. The van der Waals surface area contributed by atoms with E-state index in [9.17, 15) is 24.9 Å². The Balaban J connectivity index is 1.53. The lowest BCUT2D eigenvalue weighted by molar-refractivity contribution is -0.0840. The third kappa shape index (κ3) is 13.9. The monoisotopic (exact) mass is 742 g/mol. The van der Waals surface area contributed by atoms with E-state index in [2.05, 4.69) is 51.9 Å². The van der Waals surface area contributed by atoms with E-state index >= 15 is 0 Å². The molecule has 3 aromatic rings. The first kappa shape index (κ1) is 42.5. The van der Waals surface area contributed by atoms with E-state index in [1.807, 2.05) is 29.2 Å². The predicted molar refractivity (Wildman–Crippen MR) is 203 cm³/mol. The summed E-state index contributed by atoms with van der Waals surface area (Å²) in [7, 11) is 0. The molecule has 52 heavy (non-hydrogen) atoms. The molecule has 0 radical (unpaired) electrons. The second-order valence-electron chi connectivity index (χ2n) is 13.1. The molecular weight excluding hydrogens is 688 g/mol. The Morgan fingerprint density at radius 3 is 2.31 bits per heavy atom. The van der Waals surface area contributed by atoms with Crippen LogP contribution in [-0.2, 0) is 13.0 Å². The van der Waals surface area contributed by atoms with Gasteiger partial charge in [-0.25, -0.2) is 9.97 Å². The second-order valence-corrected chi connectivity index (χ2v) is 13.5. The molecule has 0 bridgehead atoms. The summed E-state index contributed by atoms with van der Waals surface area (Å²) >= 11 is 5.97. The average molecular weight is 743 g/mol. The van der Waals surface area contributed by atoms with Crippen LogP contribution in [0.5, 0.6) is 0 Å². The number of nitrogens with one attached hydrogen (secondary N) is 3. The van der Waals surface area contributed by atoms with Crippen LogP contribution < -0.4 is 27.4 Å². The van der Waals surface area contributed by atoms with Gasteiger partial charge >= 0.3 is 0 Å². The smallest absolute Gasteiger partial charge is 0.273 e. The number of halogens is 1. The summed E-state index contributed by atoms with van der Waals surface area (Å²) in [5.74, 6) is -0.858. The quantitative estimate of drug-likeness (QED) is 0.0632. The van der Waals surface area contributed by atoms with Crippen molar-refractivity contribution in [1.29, 1.82) is 0 Å². The van der Waals surface area contributed by atoms with Crippen molar-refractivity contribution < 1.29 is 30.0 Å². The maximum absolute atomic E-state index is 12.9. The lowest BCUT2D eigenvalue weighted by atomic mass is 9.95. The van der Waals surface area contributed by atoms with Gasteiger partial charge in [0.25, 0.3) is 11.8 Å². The number of carbonyl (C=O) groups excluding carboxylic acids is 2. The molecule has 286 valence electrons. The number of nitrogens with zero attached hydrogens (tertiary/aromatic N) is 3. The van der Waals surface area contributed by atoms with Crippen LogP contribution in [0.4, 0.5) is 11.6 Å². The molecule has 1 heterocycles. The molecule has 0 unspecified atom stereocenters. The van der Waals surface area contributed by atoms with Gasteiger partial charge in [0.2, 0.25) is 0 Å². The highest BCUT2D eigenvalue weighted by Crippen LogP contribution is 2.18. The first-order chi connectivity index (χ1) is 24.9. The summed E-state index contributed by atoms with van der Waals surface area (Å²) in [6.07, 6.45) is 0.651. The Kier molecular flexibility index (Phi) is 18.2. The molecule has 4 atom stereocenters. The molecule has 0 fully saturated rings. The van der Waals surface area contributed by atoms with E-state index in [4.69, 9.17) is 28.2 Å². The van der Waals surface area contributed by atoms with E-state index < -0.39 is 30.8 Å². The van der Waals surface area contributed by atoms with E-state index in [0.717, 1.165) is 36.8 Å². The summed E-state index contributed by atoms with van der Waals surface area (Å²) in [4.78, 5) is 35.7. The standard InChI is InChI=1S/C37H55ClN8O6/c1-3-4-5-8-16-46(22-29(48)32(50)30(49)23-47)17-15-42-36(51)27-13-11-25(12-14-27)19-41-20-26(18-28-10-7-6-9-24(28)2)21-43-37(52)31-34(39)45-35(40)33(38)44-31/h6-7,9-14,26,29-30,32,41,47-50H,3-5,8,15-23H2,1-2H3,(H,42,51)(H,43,52)(H4,39,40,45)/t26-,29-,30+,32+/m0/s1. The number of anilines is 2. The molecule has 15 heteroatoms. The number of rotatable bonds is 23. The number of carbonyl (C=O) groups is 2.